The molecule has 23 heavy (non-hydrogen) atoms. The molecule has 0 unspecified atom stereocenters. The molecule has 0 radical (unpaired) electrons. The van der Waals surface area contributed by atoms with Gasteiger partial charge in [-0.15, -0.1) is 0 Å². The normalized spacial score (nSPS) is 20.0. The minimum absolute atomic E-state index is 0.500. The molecule has 132 valence electrons. The molecule has 0 heterocycles. The summed E-state index contributed by atoms with van der Waals surface area (Å²) >= 11 is 0. The highest BCUT2D eigenvalue weighted by molar-refractivity contribution is 5.20. The first kappa shape index (κ1) is 20.2. The van der Waals surface area contributed by atoms with Crippen LogP contribution in [0, 0.1) is 18.3 Å². The third-order valence-electron chi connectivity index (χ3n) is 5.87. The maximum atomic E-state index is 9.50. The highest BCUT2D eigenvalue weighted by Crippen LogP contribution is 2.48. The zero-order valence-electron chi connectivity index (χ0n) is 15.8. The minimum atomic E-state index is 0.500. The van der Waals surface area contributed by atoms with E-state index in [1.54, 1.807) is 0 Å². The molecule has 1 aromatic carbocycles. The first-order chi connectivity index (χ1) is 11.1. The molecule has 2 aliphatic rings. The van der Waals surface area contributed by atoms with Gasteiger partial charge in [0.1, 0.15) is 0 Å². The van der Waals surface area contributed by atoms with Gasteiger partial charge in [0, 0.05) is 0 Å². The van der Waals surface area contributed by atoms with Gasteiger partial charge in [-0.1, -0.05) is 75.8 Å². The Balaban J connectivity index is 0.000000215. The lowest BCUT2D eigenvalue weighted by Gasteiger charge is -2.39. The van der Waals surface area contributed by atoms with Gasteiger partial charge >= 0.3 is 0 Å². The van der Waals surface area contributed by atoms with Crippen molar-refractivity contribution < 1.29 is 4.39 Å². The highest BCUT2D eigenvalue weighted by Gasteiger charge is 2.36. The summed E-state index contributed by atoms with van der Waals surface area (Å²) in [5.74, 6) is 1.10. The minimum Gasteiger partial charge on any atom is -0.255 e. The highest BCUT2D eigenvalue weighted by atomic mass is 19.1. The van der Waals surface area contributed by atoms with Gasteiger partial charge in [-0.3, -0.25) is 4.39 Å². The third-order valence-corrected chi connectivity index (χ3v) is 5.87. The molecule has 0 atom stereocenters. The van der Waals surface area contributed by atoms with Crippen molar-refractivity contribution in [1.29, 1.82) is 0 Å². The van der Waals surface area contributed by atoms with E-state index < -0.39 is 0 Å². The number of hydrogen-bond acceptors (Lipinski definition) is 0. The Morgan fingerprint density at radius 3 is 1.91 bits per heavy atom. The molecule has 0 bridgehead atoms. The van der Waals surface area contributed by atoms with Crippen molar-refractivity contribution in [3.63, 3.8) is 0 Å². The summed E-state index contributed by atoms with van der Waals surface area (Å²) in [7, 11) is 0.500. The van der Waals surface area contributed by atoms with Crippen LogP contribution in [0.2, 0.25) is 0 Å². The molecule has 1 heteroatoms. The van der Waals surface area contributed by atoms with Crippen molar-refractivity contribution in [1.82, 2.24) is 0 Å². The Hall–Kier alpha value is -0.850. The number of alkyl halides is 1. The van der Waals surface area contributed by atoms with Crippen LogP contribution in [0.5, 0.6) is 0 Å². The fourth-order valence-corrected chi connectivity index (χ4v) is 4.21. The predicted molar refractivity (Wildman–Crippen MR) is 101 cm³/mol. The Kier molecular flexibility index (Phi) is 9.52. The summed E-state index contributed by atoms with van der Waals surface area (Å²) in [5, 5.41) is 0. The molecule has 0 nitrogen and oxygen atoms in total. The Bertz CT molecular complexity index is 394. The maximum Gasteiger partial charge on any atom is 0.0785 e. The molecule has 0 N–H and O–H groups in total. The van der Waals surface area contributed by atoms with Crippen LogP contribution in [0.15, 0.2) is 24.3 Å². The number of halogens is 1. The fraction of sp³-hybridized carbons (Fsp3) is 0.727. The van der Waals surface area contributed by atoms with E-state index in [1.165, 1.54) is 68.9 Å². The molecule has 2 saturated carbocycles. The van der Waals surface area contributed by atoms with E-state index in [0.29, 0.717) is 7.18 Å². The topological polar surface area (TPSA) is 0 Å². The quantitative estimate of drug-likeness (QED) is 0.536. The van der Waals surface area contributed by atoms with Crippen LogP contribution >= 0.6 is 0 Å². The van der Waals surface area contributed by atoms with Crippen molar-refractivity contribution in [3.05, 3.63) is 35.4 Å². The lowest BCUT2D eigenvalue weighted by molar-refractivity contribution is 0.122. The lowest BCUT2D eigenvalue weighted by Crippen LogP contribution is -2.28. The monoisotopic (exact) mass is 320 g/mol. The third kappa shape index (κ3) is 6.65. The molecular weight excluding hydrogens is 283 g/mol. The van der Waals surface area contributed by atoms with Gasteiger partial charge in [-0.25, -0.2) is 0 Å². The van der Waals surface area contributed by atoms with E-state index in [9.17, 15) is 4.39 Å². The number of aryl methyl sites for hydroxylation is 2. The molecule has 0 spiro atoms. The number of hydrogen-bond donors (Lipinski definition) is 0. The molecule has 1 aromatic rings. The van der Waals surface area contributed by atoms with E-state index in [0.717, 1.165) is 17.8 Å². The summed E-state index contributed by atoms with van der Waals surface area (Å²) in [6.45, 7) is 6.84. The van der Waals surface area contributed by atoms with Gasteiger partial charge in [0.15, 0.2) is 0 Å². The predicted octanol–water partition coefficient (Wildman–Crippen LogP) is 7.29. The van der Waals surface area contributed by atoms with Crippen LogP contribution in [-0.4, -0.2) is 7.18 Å². The van der Waals surface area contributed by atoms with Gasteiger partial charge in [0.2, 0.25) is 0 Å². The van der Waals surface area contributed by atoms with Crippen molar-refractivity contribution in [2.75, 3.05) is 7.18 Å². The van der Waals surface area contributed by atoms with Gasteiger partial charge < -0.3 is 0 Å². The molecule has 0 amide bonds. The zero-order valence-corrected chi connectivity index (χ0v) is 15.8. The number of rotatable bonds is 2. The van der Waals surface area contributed by atoms with E-state index in [-0.39, 0.29) is 0 Å². The van der Waals surface area contributed by atoms with Crippen LogP contribution in [0.3, 0.4) is 0 Å². The van der Waals surface area contributed by atoms with E-state index in [4.69, 9.17) is 0 Å². The summed E-state index contributed by atoms with van der Waals surface area (Å²) < 4.78 is 9.50. The first-order valence-corrected chi connectivity index (χ1v) is 9.57. The first-order valence-electron chi connectivity index (χ1n) is 9.57. The average molecular weight is 321 g/mol. The van der Waals surface area contributed by atoms with Crippen molar-refractivity contribution in [3.8, 4) is 0 Å². The standard InChI is InChI=1S/C12H22.C9H12.CH3F/c1-12(9-5-2-6-10-12)11-7-3-4-8-11;1-3-9-6-4-8(2)5-7-9;1-2/h11H,2-10H2,1H3;4-7H,3H2,1-2H3;1H3. The van der Waals surface area contributed by atoms with E-state index in [1.807, 2.05) is 0 Å². The van der Waals surface area contributed by atoms with Crippen molar-refractivity contribution >= 4 is 0 Å². The largest absolute Gasteiger partial charge is 0.255 e. The van der Waals surface area contributed by atoms with Gasteiger partial charge in [0.05, 0.1) is 7.18 Å². The van der Waals surface area contributed by atoms with Crippen LogP contribution in [0.4, 0.5) is 4.39 Å². The zero-order chi connectivity index (χ0) is 17.1. The van der Waals surface area contributed by atoms with Gasteiger partial charge in [0.25, 0.3) is 0 Å². The average Bonchev–Trinajstić information content (AvgIpc) is 3.14. The molecular formula is C22H37F. The summed E-state index contributed by atoms with van der Waals surface area (Å²) in [6.07, 6.45) is 14.8. The summed E-state index contributed by atoms with van der Waals surface area (Å²) in [5.41, 5.74) is 3.52. The molecule has 3 rings (SSSR count). The van der Waals surface area contributed by atoms with E-state index in [2.05, 4.69) is 45.0 Å². The smallest absolute Gasteiger partial charge is 0.0785 e. The van der Waals surface area contributed by atoms with E-state index >= 15 is 0 Å². The van der Waals surface area contributed by atoms with Crippen molar-refractivity contribution in [2.45, 2.75) is 85.0 Å². The molecule has 0 aliphatic heterocycles. The molecule has 2 aliphatic carbocycles. The lowest BCUT2D eigenvalue weighted by atomic mass is 9.67. The second-order valence-corrected chi connectivity index (χ2v) is 7.54. The van der Waals surface area contributed by atoms with Crippen LogP contribution in [-0.2, 0) is 6.42 Å². The second-order valence-electron chi connectivity index (χ2n) is 7.54. The van der Waals surface area contributed by atoms with Gasteiger partial charge in [-0.05, 0) is 55.9 Å². The van der Waals surface area contributed by atoms with Gasteiger partial charge in [-0.2, -0.15) is 0 Å². The molecule has 2 fully saturated rings. The second kappa shape index (κ2) is 10.8. The molecule has 0 aromatic heterocycles. The fourth-order valence-electron chi connectivity index (χ4n) is 4.21. The maximum absolute atomic E-state index is 9.50. The summed E-state index contributed by atoms with van der Waals surface area (Å²) in [4.78, 5) is 0. The SMILES string of the molecule is CC1(C2CCCC2)CCCCC1.CCc1ccc(C)cc1.CF. The summed E-state index contributed by atoms with van der Waals surface area (Å²) in [6, 6.07) is 8.66. The Morgan fingerprint density at radius 2 is 1.43 bits per heavy atom. The Labute approximate surface area is 143 Å². The Morgan fingerprint density at radius 1 is 0.913 bits per heavy atom. The van der Waals surface area contributed by atoms with Crippen LogP contribution in [0.25, 0.3) is 0 Å². The van der Waals surface area contributed by atoms with Crippen molar-refractivity contribution in [2.24, 2.45) is 11.3 Å². The number of benzene rings is 1. The van der Waals surface area contributed by atoms with Crippen LogP contribution < -0.4 is 0 Å². The van der Waals surface area contributed by atoms with Crippen LogP contribution in [0.1, 0.15) is 82.8 Å². The molecule has 0 saturated heterocycles.